The van der Waals surface area contributed by atoms with E-state index in [1.807, 2.05) is 43.1 Å². The first-order valence-electron chi connectivity index (χ1n) is 13.0. The lowest BCUT2D eigenvalue weighted by atomic mass is 9.97. The highest BCUT2D eigenvalue weighted by molar-refractivity contribution is 6.03. The zero-order valence-corrected chi connectivity index (χ0v) is 21.9. The van der Waals surface area contributed by atoms with E-state index in [-0.39, 0.29) is 23.8 Å². The van der Waals surface area contributed by atoms with Gasteiger partial charge in [-0.1, -0.05) is 18.6 Å². The van der Waals surface area contributed by atoms with Gasteiger partial charge in [-0.15, -0.1) is 0 Å². The summed E-state index contributed by atoms with van der Waals surface area (Å²) in [6, 6.07) is 9.74. The van der Waals surface area contributed by atoms with E-state index >= 15 is 0 Å². The minimum Gasteiger partial charge on any atom is -0.355 e. The molecule has 2 saturated heterocycles. The highest BCUT2D eigenvalue weighted by Gasteiger charge is 2.33. The fourth-order valence-electron chi connectivity index (χ4n) is 5.58. The zero-order chi connectivity index (χ0) is 26.3. The Morgan fingerprint density at radius 1 is 1.16 bits per heavy atom. The lowest BCUT2D eigenvalue weighted by molar-refractivity contribution is -0.114. The SMILES string of the molecule is CC(=O)Nc1ccc(C)cc1C(=O)N1CCCC[C@H]1c1cc2nc(N3C[C@@H](C#N)[C@@H](C)C3)c(C)cn2n1. The van der Waals surface area contributed by atoms with Gasteiger partial charge in [0.05, 0.1) is 35.0 Å². The Labute approximate surface area is 217 Å². The fraction of sp³-hybridized carbons (Fsp3) is 0.464. The topological polar surface area (TPSA) is 107 Å². The molecule has 1 aromatic carbocycles. The first-order chi connectivity index (χ1) is 17.7. The van der Waals surface area contributed by atoms with Gasteiger partial charge in [-0.05, 0) is 51.2 Å². The minimum atomic E-state index is -0.209. The van der Waals surface area contributed by atoms with Crippen LogP contribution in [0.15, 0.2) is 30.5 Å². The third-order valence-corrected chi connectivity index (χ3v) is 7.52. The van der Waals surface area contributed by atoms with Gasteiger partial charge in [0.15, 0.2) is 5.65 Å². The van der Waals surface area contributed by atoms with Crippen LogP contribution in [0.2, 0.25) is 0 Å². The molecule has 2 fully saturated rings. The molecule has 5 rings (SSSR count). The smallest absolute Gasteiger partial charge is 0.256 e. The van der Waals surface area contributed by atoms with Gasteiger partial charge in [0.1, 0.15) is 5.82 Å². The Bertz CT molecular complexity index is 1410. The molecule has 2 aromatic heterocycles. The maximum atomic E-state index is 13.8. The number of nitriles is 1. The van der Waals surface area contributed by atoms with Crippen molar-refractivity contribution >= 4 is 29.0 Å². The van der Waals surface area contributed by atoms with E-state index in [1.165, 1.54) is 6.92 Å². The molecule has 0 saturated carbocycles. The van der Waals surface area contributed by atoms with Crippen LogP contribution in [-0.2, 0) is 4.79 Å². The summed E-state index contributed by atoms with van der Waals surface area (Å²) in [6.07, 6.45) is 4.73. The number of carbonyl (C=O) groups excluding carboxylic acids is 2. The second-order valence-electron chi connectivity index (χ2n) is 10.5. The number of likely N-dealkylation sites (tertiary alicyclic amines) is 1. The minimum absolute atomic E-state index is 0.00344. The summed E-state index contributed by atoms with van der Waals surface area (Å²) in [7, 11) is 0. The molecule has 0 unspecified atom stereocenters. The van der Waals surface area contributed by atoms with Crippen LogP contribution in [-0.4, -0.2) is 50.9 Å². The first-order valence-corrected chi connectivity index (χ1v) is 13.0. The number of nitrogens with zero attached hydrogens (tertiary/aromatic N) is 6. The van der Waals surface area contributed by atoms with Gasteiger partial charge in [0, 0.05) is 44.4 Å². The number of aromatic nitrogens is 3. The van der Waals surface area contributed by atoms with E-state index in [9.17, 15) is 14.9 Å². The molecule has 0 spiro atoms. The molecule has 37 heavy (non-hydrogen) atoms. The van der Waals surface area contributed by atoms with Crippen LogP contribution in [0.4, 0.5) is 11.5 Å². The Morgan fingerprint density at radius 2 is 1.97 bits per heavy atom. The third-order valence-electron chi connectivity index (χ3n) is 7.52. The monoisotopic (exact) mass is 499 g/mol. The predicted molar refractivity (Wildman–Crippen MR) is 141 cm³/mol. The summed E-state index contributed by atoms with van der Waals surface area (Å²) in [5, 5.41) is 17.1. The molecule has 2 aliphatic rings. The van der Waals surface area contributed by atoms with Crippen LogP contribution in [0.3, 0.4) is 0 Å². The van der Waals surface area contributed by atoms with E-state index in [1.54, 1.807) is 10.6 Å². The van der Waals surface area contributed by atoms with Gasteiger partial charge in [-0.25, -0.2) is 9.50 Å². The molecule has 2 amide bonds. The van der Waals surface area contributed by atoms with Crippen LogP contribution in [0.1, 0.15) is 66.3 Å². The van der Waals surface area contributed by atoms with Crippen molar-refractivity contribution in [3.8, 4) is 6.07 Å². The average molecular weight is 500 g/mol. The highest BCUT2D eigenvalue weighted by Crippen LogP contribution is 2.34. The van der Waals surface area contributed by atoms with E-state index in [0.717, 1.165) is 54.1 Å². The average Bonchev–Trinajstić information content (AvgIpc) is 3.46. The predicted octanol–water partition coefficient (Wildman–Crippen LogP) is 4.27. The van der Waals surface area contributed by atoms with Crippen molar-refractivity contribution < 1.29 is 9.59 Å². The van der Waals surface area contributed by atoms with Crippen LogP contribution >= 0.6 is 0 Å². The Kier molecular flexibility index (Phi) is 6.59. The molecule has 2 aliphatic heterocycles. The maximum absolute atomic E-state index is 13.8. The number of nitrogens with one attached hydrogen (secondary N) is 1. The number of anilines is 2. The van der Waals surface area contributed by atoms with Gasteiger partial charge < -0.3 is 15.1 Å². The number of piperidine rings is 1. The van der Waals surface area contributed by atoms with Crippen molar-refractivity contribution in [2.75, 3.05) is 29.9 Å². The Balaban J connectivity index is 1.47. The summed E-state index contributed by atoms with van der Waals surface area (Å²) < 4.78 is 1.79. The van der Waals surface area contributed by atoms with Crippen molar-refractivity contribution in [2.45, 2.75) is 53.0 Å². The quantitative estimate of drug-likeness (QED) is 0.575. The van der Waals surface area contributed by atoms with Crippen LogP contribution in [0.25, 0.3) is 5.65 Å². The molecule has 0 bridgehead atoms. The number of aryl methyl sites for hydroxylation is 2. The van der Waals surface area contributed by atoms with Crippen LogP contribution in [0.5, 0.6) is 0 Å². The van der Waals surface area contributed by atoms with Crippen molar-refractivity contribution in [3.63, 3.8) is 0 Å². The fourth-order valence-corrected chi connectivity index (χ4v) is 5.58. The number of benzene rings is 1. The molecule has 9 nitrogen and oxygen atoms in total. The molecule has 0 aliphatic carbocycles. The lowest BCUT2D eigenvalue weighted by Crippen LogP contribution is -2.39. The number of hydrogen-bond donors (Lipinski definition) is 1. The Morgan fingerprint density at radius 3 is 2.70 bits per heavy atom. The Hall–Kier alpha value is -3.93. The molecule has 0 radical (unpaired) electrons. The number of carbonyl (C=O) groups is 2. The largest absolute Gasteiger partial charge is 0.355 e. The maximum Gasteiger partial charge on any atom is 0.256 e. The van der Waals surface area contributed by atoms with E-state index in [0.29, 0.717) is 30.3 Å². The van der Waals surface area contributed by atoms with Gasteiger partial charge >= 0.3 is 0 Å². The number of hydrogen-bond acceptors (Lipinski definition) is 6. The molecule has 3 atom stereocenters. The lowest BCUT2D eigenvalue weighted by Gasteiger charge is -2.35. The van der Waals surface area contributed by atoms with Crippen LogP contribution in [0, 0.1) is 37.0 Å². The summed E-state index contributed by atoms with van der Waals surface area (Å²) in [4.78, 5) is 34.6. The van der Waals surface area contributed by atoms with Gasteiger partial charge in [-0.2, -0.15) is 10.4 Å². The van der Waals surface area contributed by atoms with Gasteiger partial charge in [-0.3, -0.25) is 9.59 Å². The second-order valence-corrected chi connectivity index (χ2v) is 10.5. The molecular weight excluding hydrogens is 466 g/mol. The van der Waals surface area contributed by atoms with Gasteiger partial charge in [0.2, 0.25) is 5.91 Å². The van der Waals surface area contributed by atoms with Crippen molar-refractivity contribution in [1.82, 2.24) is 19.5 Å². The van der Waals surface area contributed by atoms with E-state index in [2.05, 4.69) is 23.2 Å². The molecule has 4 heterocycles. The molecule has 192 valence electrons. The highest BCUT2D eigenvalue weighted by atomic mass is 16.2. The number of rotatable bonds is 4. The normalized spacial score (nSPS) is 21.8. The van der Waals surface area contributed by atoms with E-state index in [4.69, 9.17) is 10.1 Å². The molecule has 1 N–H and O–H groups in total. The summed E-state index contributed by atoms with van der Waals surface area (Å²) >= 11 is 0. The zero-order valence-electron chi connectivity index (χ0n) is 21.9. The van der Waals surface area contributed by atoms with Crippen molar-refractivity contribution in [1.29, 1.82) is 5.26 Å². The first kappa shape index (κ1) is 24.8. The summed E-state index contributed by atoms with van der Waals surface area (Å²) in [5.41, 5.74) is 4.54. The number of fused-ring (bicyclic) bond motifs is 1. The van der Waals surface area contributed by atoms with Crippen LogP contribution < -0.4 is 10.2 Å². The summed E-state index contributed by atoms with van der Waals surface area (Å²) in [6.45, 7) is 9.63. The standard InChI is InChI=1S/C28H33N7O2/c1-17-8-9-23(30-20(4)36)22(11-17)28(37)34-10-6-5-7-25(34)24-12-26-31-27(19(3)15-35(26)32-24)33-14-18(2)21(13-29)16-33/h8-9,11-12,15,18,21,25H,5-7,10,14,16H2,1-4H3,(H,30,36)/t18-,21+,25-/m0/s1. The van der Waals surface area contributed by atoms with Crippen molar-refractivity contribution in [3.05, 3.63) is 52.8 Å². The van der Waals surface area contributed by atoms with Gasteiger partial charge in [0.25, 0.3) is 5.91 Å². The van der Waals surface area contributed by atoms with E-state index < -0.39 is 0 Å². The number of amides is 2. The summed E-state index contributed by atoms with van der Waals surface area (Å²) in [5.74, 6) is 0.879. The van der Waals surface area contributed by atoms with Crippen molar-refractivity contribution in [2.24, 2.45) is 11.8 Å². The molecule has 3 aromatic rings. The molecular formula is C28H33N7O2. The second kappa shape index (κ2) is 9.85. The third kappa shape index (κ3) is 4.76. The molecule has 9 heteroatoms.